The number of amides is 1. The maximum atomic E-state index is 12.6. The summed E-state index contributed by atoms with van der Waals surface area (Å²) in [5.74, 6) is 1.42. The number of carbonyl (C=O) groups is 1. The molecule has 6 heteroatoms. The lowest BCUT2D eigenvalue weighted by atomic mass is 10.1. The summed E-state index contributed by atoms with van der Waals surface area (Å²) in [5.41, 5.74) is 3.32. The fraction of sp³-hybridized carbons (Fsp3) is 0.176. The van der Waals surface area contributed by atoms with E-state index in [2.05, 4.69) is 9.97 Å². The van der Waals surface area contributed by atoms with Crippen LogP contribution in [-0.2, 0) is 6.54 Å². The fourth-order valence-electron chi connectivity index (χ4n) is 2.67. The van der Waals surface area contributed by atoms with Gasteiger partial charge in [0, 0.05) is 19.2 Å². The number of hydrogen-bond donors (Lipinski definition) is 1. The molecule has 0 saturated heterocycles. The summed E-state index contributed by atoms with van der Waals surface area (Å²) in [5, 5.41) is 0. The summed E-state index contributed by atoms with van der Waals surface area (Å²) in [6, 6.07) is 11.2. The molecule has 4 rings (SSSR count). The van der Waals surface area contributed by atoms with Gasteiger partial charge in [-0.05, 0) is 35.9 Å². The van der Waals surface area contributed by atoms with Gasteiger partial charge in [-0.25, -0.2) is 4.98 Å². The normalized spacial score (nSPS) is 12.6. The second kappa shape index (κ2) is 5.31. The van der Waals surface area contributed by atoms with E-state index in [1.807, 2.05) is 30.3 Å². The number of aromatic nitrogens is 2. The van der Waals surface area contributed by atoms with Crippen molar-refractivity contribution in [3.05, 3.63) is 53.9 Å². The topological polar surface area (TPSA) is 67.5 Å². The van der Waals surface area contributed by atoms with Crippen LogP contribution in [0.2, 0.25) is 0 Å². The van der Waals surface area contributed by atoms with Crippen molar-refractivity contribution < 1.29 is 14.3 Å². The van der Waals surface area contributed by atoms with Crippen LogP contribution < -0.4 is 9.47 Å². The van der Waals surface area contributed by atoms with Crippen molar-refractivity contribution >= 4 is 16.9 Å². The second-order valence-electron chi connectivity index (χ2n) is 5.48. The van der Waals surface area contributed by atoms with Crippen molar-refractivity contribution in [1.82, 2.24) is 14.9 Å². The van der Waals surface area contributed by atoms with Crippen molar-refractivity contribution in [2.45, 2.75) is 6.54 Å². The van der Waals surface area contributed by atoms with Crippen molar-refractivity contribution in [3.63, 3.8) is 0 Å². The highest BCUT2D eigenvalue weighted by Crippen LogP contribution is 2.32. The highest BCUT2D eigenvalue weighted by atomic mass is 16.7. The van der Waals surface area contributed by atoms with Crippen LogP contribution in [-0.4, -0.2) is 34.6 Å². The minimum Gasteiger partial charge on any atom is -0.454 e. The van der Waals surface area contributed by atoms with Gasteiger partial charge in [0.2, 0.25) is 6.79 Å². The van der Waals surface area contributed by atoms with E-state index in [0.29, 0.717) is 12.1 Å². The van der Waals surface area contributed by atoms with E-state index in [4.69, 9.17) is 9.47 Å². The maximum absolute atomic E-state index is 12.6. The average Bonchev–Trinajstić information content (AvgIpc) is 3.21. The number of aromatic amines is 1. The van der Waals surface area contributed by atoms with Crippen LogP contribution in [0.3, 0.4) is 0 Å². The molecule has 0 saturated carbocycles. The summed E-state index contributed by atoms with van der Waals surface area (Å²) in [6.45, 7) is 0.744. The molecule has 0 radical (unpaired) electrons. The SMILES string of the molecule is CN(Cc1ccc2c(c1)OCO2)C(=O)c1ccc2nc[nH]c2c1. The highest BCUT2D eigenvalue weighted by molar-refractivity contribution is 5.97. The van der Waals surface area contributed by atoms with Crippen LogP contribution in [0, 0.1) is 0 Å². The molecule has 6 nitrogen and oxygen atoms in total. The minimum atomic E-state index is -0.0424. The number of nitrogens with one attached hydrogen (secondary N) is 1. The number of hydrogen-bond acceptors (Lipinski definition) is 4. The molecule has 1 aliphatic heterocycles. The molecule has 1 N–H and O–H groups in total. The number of nitrogens with zero attached hydrogens (tertiary/aromatic N) is 2. The molecular weight excluding hydrogens is 294 g/mol. The number of benzene rings is 2. The van der Waals surface area contributed by atoms with Crippen molar-refractivity contribution in [2.24, 2.45) is 0 Å². The van der Waals surface area contributed by atoms with Gasteiger partial charge in [-0.2, -0.15) is 0 Å². The maximum Gasteiger partial charge on any atom is 0.253 e. The van der Waals surface area contributed by atoms with Gasteiger partial charge >= 0.3 is 0 Å². The first-order valence-corrected chi connectivity index (χ1v) is 7.28. The molecule has 2 aromatic carbocycles. The zero-order valence-corrected chi connectivity index (χ0v) is 12.6. The number of H-pyrrole nitrogens is 1. The molecule has 2 heterocycles. The van der Waals surface area contributed by atoms with E-state index in [-0.39, 0.29) is 12.7 Å². The molecule has 0 fully saturated rings. The molecule has 0 unspecified atom stereocenters. The summed E-state index contributed by atoms with van der Waals surface area (Å²) in [4.78, 5) is 21.4. The Balaban J connectivity index is 1.53. The Hall–Kier alpha value is -3.02. The first kappa shape index (κ1) is 13.6. The van der Waals surface area contributed by atoms with Crippen LogP contribution in [0.5, 0.6) is 11.5 Å². The van der Waals surface area contributed by atoms with Gasteiger partial charge in [0.05, 0.1) is 17.4 Å². The number of ether oxygens (including phenoxy) is 2. The monoisotopic (exact) mass is 309 g/mol. The lowest BCUT2D eigenvalue weighted by Crippen LogP contribution is -2.26. The van der Waals surface area contributed by atoms with Crippen LogP contribution in [0.1, 0.15) is 15.9 Å². The first-order valence-electron chi connectivity index (χ1n) is 7.28. The number of carbonyl (C=O) groups excluding carboxylic acids is 1. The van der Waals surface area contributed by atoms with Gasteiger partial charge in [-0.15, -0.1) is 0 Å². The smallest absolute Gasteiger partial charge is 0.253 e. The Kier molecular flexibility index (Phi) is 3.15. The third-order valence-corrected chi connectivity index (χ3v) is 3.87. The van der Waals surface area contributed by atoms with E-state index >= 15 is 0 Å². The molecular formula is C17H15N3O3. The minimum absolute atomic E-state index is 0.0424. The molecule has 0 bridgehead atoms. The van der Waals surface area contributed by atoms with Crippen molar-refractivity contribution in [2.75, 3.05) is 13.8 Å². The van der Waals surface area contributed by atoms with E-state index in [9.17, 15) is 4.79 Å². The Bertz CT molecular complexity index is 888. The number of imidazole rings is 1. The van der Waals surface area contributed by atoms with Crippen LogP contribution in [0.15, 0.2) is 42.7 Å². The lowest BCUT2D eigenvalue weighted by Gasteiger charge is -2.17. The zero-order valence-electron chi connectivity index (χ0n) is 12.6. The molecule has 1 aliphatic rings. The van der Waals surface area contributed by atoms with Crippen molar-refractivity contribution in [1.29, 1.82) is 0 Å². The molecule has 3 aromatic rings. The molecule has 116 valence electrons. The quantitative estimate of drug-likeness (QED) is 0.807. The second-order valence-corrected chi connectivity index (χ2v) is 5.48. The Morgan fingerprint density at radius 1 is 1.22 bits per heavy atom. The molecule has 0 aliphatic carbocycles. The Labute approximate surface area is 132 Å². The van der Waals surface area contributed by atoms with Crippen LogP contribution >= 0.6 is 0 Å². The molecule has 1 aromatic heterocycles. The van der Waals surface area contributed by atoms with Gasteiger partial charge < -0.3 is 19.4 Å². The molecule has 0 atom stereocenters. The van der Waals surface area contributed by atoms with Gasteiger partial charge in [0.25, 0.3) is 5.91 Å². The number of rotatable bonds is 3. The summed E-state index contributed by atoms with van der Waals surface area (Å²) in [6.07, 6.45) is 1.62. The summed E-state index contributed by atoms with van der Waals surface area (Å²) >= 11 is 0. The zero-order chi connectivity index (χ0) is 15.8. The highest BCUT2D eigenvalue weighted by Gasteiger charge is 2.16. The number of fused-ring (bicyclic) bond motifs is 2. The summed E-state index contributed by atoms with van der Waals surface area (Å²) in [7, 11) is 1.78. The predicted octanol–water partition coefficient (Wildman–Crippen LogP) is 2.56. The van der Waals surface area contributed by atoms with Crippen LogP contribution in [0.25, 0.3) is 11.0 Å². The standard InChI is InChI=1S/C17H15N3O3/c1-20(8-11-2-5-15-16(6-11)23-10-22-15)17(21)12-3-4-13-14(7-12)19-9-18-13/h2-7,9H,8,10H2,1H3,(H,18,19). The van der Waals surface area contributed by atoms with E-state index in [1.165, 1.54) is 0 Å². The Morgan fingerprint density at radius 3 is 3.00 bits per heavy atom. The third-order valence-electron chi connectivity index (χ3n) is 3.87. The molecule has 0 spiro atoms. The third kappa shape index (κ3) is 2.48. The van der Waals surface area contributed by atoms with Gasteiger partial charge in [0.1, 0.15) is 0 Å². The molecule has 1 amide bonds. The predicted molar refractivity (Wildman–Crippen MR) is 84.5 cm³/mol. The molecule has 23 heavy (non-hydrogen) atoms. The summed E-state index contributed by atoms with van der Waals surface area (Å²) < 4.78 is 10.7. The van der Waals surface area contributed by atoms with Crippen LogP contribution in [0.4, 0.5) is 0 Å². The van der Waals surface area contributed by atoms with Gasteiger partial charge in [0.15, 0.2) is 11.5 Å². The fourth-order valence-corrected chi connectivity index (χ4v) is 2.67. The van der Waals surface area contributed by atoms with E-state index in [1.54, 1.807) is 24.3 Å². The first-order chi connectivity index (χ1) is 11.2. The van der Waals surface area contributed by atoms with E-state index < -0.39 is 0 Å². The van der Waals surface area contributed by atoms with Gasteiger partial charge in [-0.3, -0.25) is 4.79 Å². The largest absolute Gasteiger partial charge is 0.454 e. The average molecular weight is 309 g/mol. The van der Waals surface area contributed by atoms with Crippen molar-refractivity contribution in [3.8, 4) is 11.5 Å². The van der Waals surface area contributed by atoms with Gasteiger partial charge in [-0.1, -0.05) is 6.07 Å². The Morgan fingerprint density at radius 2 is 2.09 bits per heavy atom. The lowest BCUT2D eigenvalue weighted by molar-refractivity contribution is 0.0785. The van der Waals surface area contributed by atoms with E-state index in [0.717, 1.165) is 28.1 Å².